The lowest BCUT2D eigenvalue weighted by atomic mass is 10.0. The van der Waals surface area contributed by atoms with E-state index in [1.165, 1.54) is 32.7 Å². The number of anilines is 1. The number of fused-ring (bicyclic) bond motifs is 3. The highest BCUT2D eigenvalue weighted by Gasteiger charge is 2.21. The Kier molecular flexibility index (Phi) is 5.31. The quantitative estimate of drug-likeness (QED) is 0.502. The third-order valence-electron chi connectivity index (χ3n) is 5.87. The van der Waals surface area contributed by atoms with Crippen LogP contribution in [0.25, 0.3) is 10.9 Å². The summed E-state index contributed by atoms with van der Waals surface area (Å²) in [5.74, 6) is 0.960. The fraction of sp³-hybridized carbons (Fsp3) is 0.348. The molecule has 0 unspecified atom stereocenters. The molecular weight excluding hydrogens is 380 g/mol. The lowest BCUT2D eigenvalue weighted by molar-refractivity contribution is 0.0474. The van der Waals surface area contributed by atoms with Crippen LogP contribution in [-0.2, 0) is 17.7 Å². The second kappa shape index (κ2) is 8.22. The van der Waals surface area contributed by atoms with Gasteiger partial charge in [-0.15, -0.1) is 11.8 Å². The van der Waals surface area contributed by atoms with Gasteiger partial charge in [-0.05, 0) is 43.0 Å². The number of morpholine rings is 1. The first kappa shape index (κ1) is 18.7. The number of hydrogen-bond donors (Lipinski definition) is 1. The predicted molar refractivity (Wildman–Crippen MR) is 122 cm³/mol. The van der Waals surface area contributed by atoms with Crippen molar-refractivity contribution in [3.63, 3.8) is 0 Å². The third-order valence-corrected chi connectivity index (χ3v) is 7.00. The highest BCUT2D eigenvalue weighted by Crippen LogP contribution is 2.36. The first-order valence-corrected chi connectivity index (χ1v) is 11.2. The summed E-state index contributed by atoms with van der Waals surface area (Å²) in [7, 11) is 0. The predicted octanol–water partition coefficient (Wildman–Crippen LogP) is 4.44. The van der Waals surface area contributed by atoms with Gasteiger partial charge in [-0.2, -0.15) is 0 Å². The van der Waals surface area contributed by atoms with Gasteiger partial charge in [-0.3, -0.25) is 9.89 Å². The molecule has 150 valence electrons. The highest BCUT2D eigenvalue weighted by molar-refractivity contribution is 7.99. The maximum absolute atomic E-state index is 5.46. The largest absolute Gasteiger partial charge is 0.379 e. The fourth-order valence-electron chi connectivity index (χ4n) is 4.25. The Morgan fingerprint density at radius 3 is 2.83 bits per heavy atom. The molecular formula is C23H26N4OS. The van der Waals surface area contributed by atoms with Crippen LogP contribution in [0.4, 0.5) is 11.4 Å². The van der Waals surface area contributed by atoms with Gasteiger partial charge in [-0.25, -0.2) is 0 Å². The smallest absolute Gasteiger partial charge is 0.0760 e. The van der Waals surface area contributed by atoms with Crippen molar-refractivity contribution in [1.82, 2.24) is 9.88 Å². The lowest BCUT2D eigenvalue weighted by Crippen LogP contribution is -2.35. The molecule has 1 saturated heterocycles. The Morgan fingerprint density at radius 1 is 1.10 bits per heavy atom. The number of nitrogens with one attached hydrogen (secondary N) is 1. The van der Waals surface area contributed by atoms with E-state index in [1.807, 2.05) is 11.8 Å². The standard InChI is InChI=1S/C23H26N4OS/c1-24-21-7-6-17(14-23(21)29-16-26-10-12-28-13-11-26)27-9-8-19-18-4-2-3-5-20(18)25-22(19)15-27/h2-7,14,25H,1,8-13,15-16H2. The number of aromatic amines is 1. The van der Waals surface area contributed by atoms with Gasteiger partial charge in [0.25, 0.3) is 0 Å². The number of aliphatic imine (C=N–C) groups is 1. The van der Waals surface area contributed by atoms with E-state index < -0.39 is 0 Å². The summed E-state index contributed by atoms with van der Waals surface area (Å²) in [5.41, 5.74) is 6.28. The van der Waals surface area contributed by atoms with Crippen LogP contribution < -0.4 is 4.90 Å². The second-order valence-electron chi connectivity index (χ2n) is 7.61. The van der Waals surface area contributed by atoms with Crippen LogP contribution in [0.3, 0.4) is 0 Å². The number of para-hydroxylation sites is 1. The van der Waals surface area contributed by atoms with Crippen LogP contribution in [0.5, 0.6) is 0 Å². The summed E-state index contributed by atoms with van der Waals surface area (Å²) in [6, 6.07) is 15.2. The lowest BCUT2D eigenvalue weighted by Gasteiger charge is -2.30. The Hall–Kier alpha value is -2.28. The number of hydrogen-bond acceptors (Lipinski definition) is 5. The number of thioether (sulfide) groups is 1. The number of H-pyrrole nitrogens is 1. The van der Waals surface area contributed by atoms with Crippen LogP contribution in [0, 0.1) is 0 Å². The van der Waals surface area contributed by atoms with Gasteiger partial charge in [-0.1, -0.05) is 18.2 Å². The average molecular weight is 407 g/mol. The van der Waals surface area contributed by atoms with Gasteiger partial charge in [0.05, 0.1) is 25.4 Å². The highest BCUT2D eigenvalue weighted by atomic mass is 32.2. The zero-order chi connectivity index (χ0) is 19.6. The van der Waals surface area contributed by atoms with Crippen molar-refractivity contribution >= 4 is 40.8 Å². The van der Waals surface area contributed by atoms with Crippen LogP contribution in [-0.4, -0.2) is 55.3 Å². The van der Waals surface area contributed by atoms with Gasteiger partial charge in [0.1, 0.15) is 0 Å². The van der Waals surface area contributed by atoms with Crippen molar-refractivity contribution in [3.05, 3.63) is 53.7 Å². The van der Waals surface area contributed by atoms with E-state index in [9.17, 15) is 0 Å². The van der Waals surface area contributed by atoms with E-state index in [1.54, 1.807) is 0 Å². The first-order chi connectivity index (χ1) is 14.3. The maximum atomic E-state index is 5.46. The maximum Gasteiger partial charge on any atom is 0.0760 e. The molecule has 0 spiro atoms. The van der Waals surface area contributed by atoms with Gasteiger partial charge in [0.2, 0.25) is 0 Å². The molecule has 5 nitrogen and oxygen atoms in total. The molecule has 0 saturated carbocycles. The molecule has 2 aromatic carbocycles. The molecule has 0 atom stereocenters. The molecule has 0 radical (unpaired) electrons. The Balaban J connectivity index is 1.36. The average Bonchev–Trinajstić information content (AvgIpc) is 3.16. The van der Waals surface area contributed by atoms with E-state index in [4.69, 9.17) is 4.74 Å². The van der Waals surface area contributed by atoms with E-state index in [0.29, 0.717) is 0 Å². The van der Waals surface area contributed by atoms with E-state index >= 15 is 0 Å². The minimum atomic E-state index is 0.827. The molecule has 6 heteroatoms. The van der Waals surface area contributed by atoms with Gasteiger partial charge < -0.3 is 14.6 Å². The monoisotopic (exact) mass is 406 g/mol. The van der Waals surface area contributed by atoms with Crippen LogP contribution in [0.2, 0.25) is 0 Å². The number of nitrogens with zero attached hydrogens (tertiary/aromatic N) is 3. The molecule has 1 N–H and O–H groups in total. The second-order valence-corrected chi connectivity index (χ2v) is 8.60. The third kappa shape index (κ3) is 3.80. The first-order valence-electron chi connectivity index (χ1n) is 10.2. The van der Waals surface area contributed by atoms with E-state index in [0.717, 1.165) is 57.4 Å². The van der Waals surface area contributed by atoms with Crippen molar-refractivity contribution in [3.8, 4) is 0 Å². The Bertz CT molecular complexity index is 1020. The Morgan fingerprint density at radius 2 is 1.97 bits per heavy atom. The molecule has 0 bridgehead atoms. The van der Waals surface area contributed by atoms with Gasteiger partial charge in [0.15, 0.2) is 0 Å². The molecule has 0 aliphatic carbocycles. The molecule has 1 fully saturated rings. The summed E-state index contributed by atoms with van der Waals surface area (Å²) in [5, 5.41) is 1.37. The fourth-order valence-corrected chi connectivity index (χ4v) is 5.31. The molecule has 3 heterocycles. The summed E-state index contributed by atoms with van der Waals surface area (Å²) >= 11 is 1.85. The van der Waals surface area contributed by atoms with Crippen LogP contribution in [0.1, 0.15) is 11.3 Å². The summed E-state index contributed by atoms with van der Waals surface area (Å²) < 4.78 is 5.46. The zero-order valence-electron chi connectivity index (χ0n) is 16.6. The minimum absolute atomic E-state index is 0.827. The van der Waals surface area contributed by atoms with Crippen molar-refractivity contribution in [2.75, 3.05) is 43.6 Å². The molecule has 0 amide bonds. The van der Waals surface area contributed by atoms with Crippen molar-refractivity contribution in [2.45, 2.75) is 17.9 Å². The number of ether oxygens (including phenoxy) is 1. The van der Waals surface area contributed by atoms with Gasteiger partial charge in [0, 0.05) is 52.7 Å². The minimum Gasteiger partial charge on any atom is -0.379 e. The number of benzene rings is 2. The molecule has 2 aliphatic heterocycles. The zero-order valence-corrected chi connectivity index (χ0v) is 17.4. The molecule has 1 aromatic heterocycles. The summed E-state index contributed by atoms with van der Waals surface area (Å²) in [6.07, 6.45) is 1.07. The van der Waals surface area contributed by atoms with Gasteiger partial charge >= 0.3 is 0 Å². The van der Waals surface area contributed by atoms with Crippen molar-refractivity contribution in [2.24, 2.45) is 4.99 Å². The summed E-state index contributed by atoms with van der Waals surface area (Å²) in [4.78, 5) is 14.0. The Labute approximate surface area is 175 Å². The van der Waals surface area contributed by atoms with Crippen LogP contribution >= 0.6 is 11.8 Å². The number of rotatable bonds is 5. The molecule has 5 rings (SSSR count). The summed E-state index contributed by atoms with van der Waals surface area (Å²) in [6.45, 7) is 9.37. The molecule has 3 aromatic rings. The van der Waals surface area contributed by atoms with E-state index in [2.05, 4.69) is 69.0 Å². The van der Waals surface area contributed by atoms with Crippen molar-refractivity contribution in [1.29, 1.82) is 0 Å². The normalized spacial score (nSPS) is 17.4. The van der Waals surface area contributed by atoms with E-state index in [-0.39, 0.29) is 0 Å². The van der Waals surface area contributed by atoms with Crippen LogP contribution in [0.15, 0.2) is 52.4 Å². The topological polar surface area (TPSA) is 43.9 Å². The number of aromatic nitrogens is 1. The SMILES string of the molecule is C=Nc1ccc(N2CCc3c([nH]c4ccccc34)C2)cc1SCN1CCOCC1. The molecule has 29 heavy (non-hydrogen) atoms. The molecule has 2 aliphatic rings. The van der Waals surface area contributed by atoms with Crippen molar-refractivity contribution < 1.29 is 4.74 Å².